The molecule has 8 heteroatoms. The van der Waals surface area contributed by atoms with E-state index in [9.17, 15) is 13.9 Å². The van der Waals surface area contributed by atoms with E-state index in [-0.39, 0.29) is 11.9 Å². The number of aliphatic hydroxyl groups excluding tert-OH is 1. The molecule has 1 saturated carbocycles. The van der Waals surface area contributed by atoms with Gasteiger partial charge in [-0.15, -0.1) is 0 Å². The fourth-order valence-electron chi connectivity index (χ4n) is 2.92. The van der Waals surface area contributed by atoms with Gasteiger partial charge >= 0.3 is 0 Å². The zero-order valence-electron chi connectivity index (χ0n) is 13.9. The first-order chi connectivity index (χ1) is 12.0. The van der Waals surface area contributed by atoms with E-state index in [1.807, 2.05) is 0 Å². The Kier molecular flexibility index (Phi) is 4.98. The molecule has 1 aromatic heterocycles. The number of ether oxygens (including phenoxy) is 2. The number of aliphatic hydroxyl groups is 1. The molecule has 1 aliphatic rings. The van der Waals surface area contributed by atoms with Gasteiger partial charge < -0.3 is 19.9 Å². The topological polar surface area (TPSA) is 76.5 Å². The summed E-state index contributed by atoms with van der Waals surface area (Å²) in [6.45, 7) is 0. The Balaban J connectivity index is 1.93. The van der Waals surface area contributed by atoms with E-state index in [4.69, 9.17) is 9.47 Å². The van der Waals surface area contributed by atoms with E-state index < -0.39 is 23.8 Å². The van der Waals surface area contributed by atoms with Crippen molar-refractivity contribution in [2.75, 3.05) is 19.5 Å². The first kappa shape index (κ1) is 17.3. The van der Waals surface area contributed by atoms with Crippen molar-refractivity contribution in [2.24, 2.45) is 5.92 Å². The van der Waals surface area contributed by atoms with Crippen LogP contribution in [0.1, 0.15) is 24.4 Å². The van der Waals surface area contributed by atoms with Crippen LogP contribution in [-0.2, 0) is 0 Å². The Bertz CT molecular complexity index is 732. The number of hydrogen-bond acceptors (Lipinski definition) is 6. The molecule has 2 N–H and O–H groups in total. The first-order valence-corrected chi connectivity index (χ1v) is 7.86. The van der Waals surface area contributed by atoms with E-state index in [0.29, 0.717) is 30.2 Å². The van der Waals surface area contributed by atoms with Gasteiger partial charge in [0.2, 0.25) is 17.7 Å². The fraction of sp³-hybridized carbons (Fsp3) is 0.412. The highest BCUT2D eigenvalue weighted by Gasteiger charge is 2.36. The van der Waals surface area contributed by atoms with Gasteiger partial charge in [0.05, 0.1) is 32.4 Å². The molecular weight excluding hydrogens is 332 g/mol. The summed E-state index contributed by atoms with van der Waals surface area (Å²) >= 11 is 0. The van der Waals surface area contributed by atoms with Crippen LogP contribution in [0.15, 0.2) is 24.3 Å². The van der Waals surface area contributed by atoms with Gasteiger partial charge in [-0.2, -0.15) is 9.97 Å². The molecule has 1 atom stereocenters. The zero-order valence-corrected chi connectivity index (χ0v) is 13.9. The van der Waals surface area contributed by atoms with Gasteiger partial charge in [0, 0.05) is 11.6 Å². The molecule has 3 rings (SSSR count). The van der Waals surface area contributed by atoms with Crippen molar-refractivity contribution in [1.29, 1.82) is 0 Å². The zero-order chi connectivity index (χ0) is 18.0. The van der Waals surface area contributed by atoms with Crippen LogP contribution in [0.25, 0.3) is 0 Å². The van der Waals surface area contributed by atoms with Crippen LogP contribution in [0.2, 0.25) is 0 Å². The normalized spacial score (nSPS) is 20.5. The van der Waals surface area contributed by atoms with Gasteiger partial charge in [-0.1, -0.05) is 6.07 Å². The van der Waals surface area contributed by atoms with E-state index in [1.165, 1.54) is 32.4 Å². The van der Waals surface area contributed by atoms with Crippen LogP contribution in [-0.4, -0.2) is 35.4 Å². The van der Waals surface area contributed by atoms with Gasteiger partial charge in [-0.05, 0) is 24.8 Å². The van der Waals surface area contributed by atoms with Crippen LogP contribution >= 0.6 is 0 Å². The Morgan fingerprint density at radius 3 is 2.28 bits per heavy atom. The predicted molar refractivity (Wildman–Crippen MR) is 86.6 cm³/mol. The van der Waals surface area contributed by atoms with Crippen LogP contribution < -0.4 is 14.8 Å². The third kappa shape index (κ3) is 3.79. The molecular formula is C17H19F2N3O3. The van der Waals surface area contributed by atoms with Crippen molar-refractivity contribution in [2.45, 2.75) is 25.0 Å². The van der Waals surface area contributed by atoms with Gasteiger partial charge in [-0.25, -0.2) is 8.78 Å². The molecule has 1 fully saturated rings. The third-order valence-electron chi connectivity index (χ3n) is 4.30. The minimum Gasteiger partial charge on any atom is -0.481 e. The van der Waals surface area contributed by atoms with E-state index >= 15 is 0 Å². The second-order valence-corrected chi connectivity index (χ2v) is 5.95. The van der Waals surface area contributed by atoms with Gasteiger partial charge in [0.25, 0.3) is 0 Å². The molecule has 25 heavy (non-hydrogen) atoms. The lowest BCUT2D eigenvalue weighted by atomic mass is 9.75. The Labute approximate surface area is 143 Å². The molecule has 1 heterocycles. The summed E-state index contributed by atoms with van der Waals surface area (Å²) in [7, 11) is 2.93. The summed E-state index contributed by atoms with van der Waals surface area (Å²) in [5.74, 6) is -0.550. The molecule has 2 aromatic rings. The number of anilines is 1. The van der Waals surface area contributed by atoms with Crippen LogP contribution in [0.3, 0.4) is 0 Å². The molecule has 0 aliphatic heterocycles. The van der Waals surface area contributed by atoms with Gasteiger partial charge in [-0.3, -0.25) is 0 Å². The average molecular weight is 351 g/mol. The summed E-state index contributed by atoms with van der Waals surface area (Å²) in [4.78, 5) is 8.38. The quantitative estimate of drug-likeness (QED) is 0.833. The van der Waals surface area contributed by atoms with Crippen molar-refractivity contribution in [3.63, 3.8) is 0 Å². The minimum absolute atomic E-state index is 0.0317. The smallest absolute Gasteiger partial charge is 0.229 e. The van der Waals surface area contributed by atoms with Crippen LogP contribution in [0.5, 0.6) is 11.8 Å². The molecule has 0 radical (unpaired) electrons. The third-order valence-corrected chi connectivity index (χ3v) is 4.30. The maximum absolute atomic E-state index is 14.3. The summed E-state index contributed by atoms with van der Waals surface area (Å²) in [5, 5.41) is 12.7. The highest BCUT2D eigenvalue weighted by Crippen LogP contribution is 2.40. The largest absolute Gasteiger partial charge is 0.481 e. The second kappa shape index (κ2) is 7.18. The van der Waals surface area contributed by atoms with Gasteiger partial charge in [0.15, 0.2) is 0 Å². The molecule has 0 amide bonds. The summed E-state index contributed by atoms with van der Waals surface area (Å²) < 4.78 is 37.7. The average Bonchev–Trinajstić information content (AvgIpc) is 2.57. The molecule has 134 valence electrons. The van der Waals surface area contributed by atoms with Crippen molar-refractivity contribution in [3.8, 4) is 11.8 Å². The summed E-state index contributed by atoms with van der Waals surface area (Å²) in [6, 6.07) is 4.44. The summed E-state index contributed by atoms with van der Waals surface area (Å²) in [6.07, 6.45) is 0.601. The van der Waals surface area contributed by atoms with Crippen molar-refractivity contribution >= 4 is 5.95 Å². The highest BCUT2D eigenvalue weighted by molar-refractivity contribution is 5.38. The van der Waals surface area contributed by atoms with Crippen molar-refractivity contribution in [3.05, 3.63) is 41.5 Å². The Morgan fingerprint density at radius 1 is 1.12 bits per heavy atom. The lowest BCUT2D eigenvalue weighted by Gasteiger charge is -2.38. The molecule has 0 bridgehead atoms. The minimum atomic E-state index is -0.659. The van der Waals surface area contributed by atoms with E-state index in [2.05, 4.69) is 15.3 Å². The lowest BCUT2D eigenvalue weighted by Crippen LogP contribution is -2.36. The molecule has 0 unspecified atom stereocenters. The standard InChI is InChI=1S/C17H19F2N3O3/c1-24-14-8-15(25-2)21-17(20-14)22-16(9-5-11(23)6-9)12-4-3-10(18)7-13(12)19/h3-4,7-9,11,16,23H,5-6H2,1-2H3,(H,20,21,22)/t9?,11?,16-/m0/s1. The monoisotopic (exact) mass is 351 g/mol. The highest BCUT2D eigenvalue weighted by atomic mass is 19.1. The Hall–Kier alpha value is -2.48. The number of rotatable bonds is 6. The van der Waals surface area contributed by atoms with Crippen molar-refractivity contribution < 1.29 is 23.4 Å². The van der Waals surface area contributed by atoms with E-state index in [1.54, 1.807) is 0 Å². The molecule has 0 saturated heterocycles. The number of nitrogens with one attached hydrogen (secondary N) is 1. The van der Waals surface area contributed by atoms with Crippen LogP contribution in [0.4, 0.5) is 14.7 Å². The van der Waals surface area contributed by atoms with Crippen LogP contribution in [0, 0.1) is 17.6 Å². The maximum atomic E-state index is 14.3. The number of methoxy groups -OCH3 is 2. The molecule has 6 nitrogen and oxygen atoms in total. The number of benzene rings is 1. The van der Waals surface area contributed by atoms with Gasteiger partial charge in [0.1, 0.15) is 11.6 Å². The van der Waals surface area contributed by atoms with E-state index in [0.717, 1.165) is 6.07 Å². The molecule has 0 spiro atoms. The van der Waals surface area contributed by atoms with Crippen molar-refractivity contribution in [1.82, 2.24) is 9.97 Å². The number of aromatic nitrogens is 2. The predicted octanol–water partition coefficient (Wildman–Crippen LogP) is 2.70. The maximum Gasteiger partial charge on any atom is 0.229 e. The SMILES string of the molecule is COc1cc(OC)nc(N[C@H](c2ccc(F)cc2F)C2CC(O)C2)n1. The molecule has 1 aromatic carbocycles. The summed E-state index contributed by atoms with van der Waals surface area (Å²) in [5.41, 5.74) is 0.295. The molecule has 1 aliphatic carbocycles. The number of halogens is 2. The first-order valence-electron chi connectivity index (χ1n) is 7.86. The fourth-order valence-corrected chi connectivity index (χ4v) is 2.92. The second-order valence-electron chi connectivity index (χ2n) is 5.95. The Morgan fingerprint density at radius 2 is 1.76 bits per heavy atom. The lowest BCUT2D eigenvalue weighted by molar-refractivity contribution is 0.0333. The number of hydrogen-bond donors (Lipinski definition) is 2. The number of nitrogens with zero attached hydrogens (tertiary/aromatic N) is 2.